The smallest absolute Gasteiger partial charge is 0.206 e. The SMILES string of the molecule is N#CC(C#N)=C1C(c2ccc(C(F)(F)F)c(F)c2)=C(C#N)c2c1cc1c(c2C#N)C(=C(C#N)C#N)C(c2ccc(C(F)(F)F)c(F)c2)=C1C#N. The zero-order valence-corrected chi connectivity index (χ0v) is 24.2. The summed E-state index contributed by atoms with van der Waals surface area (Å²) in [5.74, 6) is -3.57. The van der Waals surface area contributed by atoms with Gasteiger partial charge in [-0.25, -0.2) is 8.78 Å². The van der Waals surface area contributed by atoms with Gasteiger partial charge in [-0.1, -0.05) is 12.1 Å². The Morgan fingerprint density at radius 3 is 1.32 bits per heavy atom. The van der Waals surface area contributed by atoms with Gasteiger partial charge in [-0.3, -0.25) is 0 Å². The summed E-state index contributed by atoms with van der Waals surface area (Å²) in [6.45, 7) is 0. The zero-order valence-electron chi connectivity index (χ0n) is 24.2. The molecule has 0 radical (unpaired) electrons. The van der Waals surface area contributed by atoms with E-state index in [1.165, 1.54) is 0 Å². The molecule has 238 valence electrons. The van der Waals surface area contributed by atoms with Crippen LogP contribution in [0.25, 0.3) is 33.4 Å². The van der Waals surface area contributed by atoms with Crippen molar-refractivity contribution in [3.8, 4) is 42.5 Å². The minimum absolute atomic E-state index is 0.285. The molecule has 50 heavy (non-hydrogen) atoms. The molecule has 0 bridgehead atoms. The first-order chi connectivity index (χ1) is 23.6. The number of alkyl halides is 6. The van der Waals surface area contributed by atoms with Crippen molar-refractivity contribution in [3.05, 3.63) is 115 Å². The molecule has 0 saturated carbocycles. The Morgan fingerprint density at radius 1 is 0.500 bits per heavy atom. The summed E-state index contributed by atoms with van der Waals surface area (Å²) in [7, 11) is 0. The summed E-state index contributed by atoms with van der Waals surface area (Å²) < 4.78 is 110. The van der Waals surface area contributed by atoms with Crippen molar-refractivity contribution in [1.82, 2.24) is 0 Å². The first-order valence-electron chi connectivity index (χ1n) is 13.4. The number of nitrogens with zero attached hydrogens (tertiary/aromatic N) is 7. The summed E-state index contributed by atoms with van der Waals surface area (Å²) in [5.41, 5.74) is -10.5. The number of hydrogen-bond acceptors (Lipinski definition) is 7. The molecule has 0 amide bonds. The molecule has 0 aromatic heterocycles. The van der Waals surface area contributed by atoms with Crippen LogP contribution < -0.4 is 0 Å². The van der Waals surface area contributed by atoms with Gasteiger partial charge in [0.2, 0.25) is 0 Å². The second kappa shape index (κ2) is 11.9. The normalized spacial score (nSPS) is 13.2. The fourth-order valence-electron chi connectivity index (χ4n) is 5.87. The average Bonchev–Trinajstić information content (AvgIpc) is 3.56. The Bertz CT molecular complexity index is 2520. The quantitative estimate of drug-likeness (QED) is 0.194. The van der Waals surface area contributed by atoms with E-state index in [4.69, 9.17) is 0 Å². The summed E-state index contributed by atoms with van der Waals surface area (Å²) in [5, 5.41) is 70.6. The minimum atomic E-state index is -5.12. The zero-order chi connectivity index (χ0) is 36.9. The number of fused-ring (bicyclic) bond motifs is 2. The molecule has 2 aliphatic rings. The lowest BCUT2D eigenvalue weighted by Gasteiger charge is -2.14. The van der Waals surface area contributed by atoms with Gasteiger partial charge >= 0.3 is 12.4 Å². The van der Waals surface area contributed by atoms with Crippen LogP contribution in [0, 0.1) is 91.0 Å². The molecule has 3 aromatic carbocycles. The van der Waals surface area contributed by atoms with Crippen molar-refractivity contribution < 1.29 is 35.1 Å². The first-order valence-corrected chi connectivity index (χ1v) is 13.4. The monoisotopic (exact) mass is 677 g/mol. The van der Waals surface area contributed by atoms with Crippen LogP contribution in [0.5, 0.6) is 0 Å². The highest BCUT2D eigenvalue weighted by Crippen LogP contribution is 2.56. The van der Waals surface area contributed by atoms with Crippen LogP contribution in [0.15, 0.2) is 53.6 Å². The lowest BCUT2D eigenvalue weighted by Crippen LogP contribution is -2.08. The third kappa shape index (κ3) is 4.99. The highest BCUT2D eigenvalue weighted by Gasteiger charge is 2.42. The maximum atomic E-state index is 14.8. The number of nitriles is 7. The predicted molar refractivity (Wildman–Crippen MR) is 155 cm³/mol. The van der Waals surface area contributed by atoms with Crippen LogP contribution in [0.4, 0.5) is 35.1 Å². The number of rotatable bonds is 2. The third-order valence-electron chi connectivity index (χ3n) is 7.77. The molecule has 0 fully saturated rings. The van der Waals surface area contributed by atoms with Crippen molar-refractivity contribution in [3.63, 3.8) is 0 Å². The molecule has 3 aromatic rings. The highest BCUT2D eigenvalue weighted by molar-refractivity contribution is 6.31. The van der Waals surface area contributed by atoms with Gasteiger partial charge in [-0.15, -0.1) is 0 Å². The van der Waals surface area contributed by atoms with E-state index in [2.05, 4.69) is 0 Å². The van der Waals surface area contributed by atoms with Crippen LogP contribution >= 0.6 is 0 Å². The van der Waals surface area contributed by atoms with E-state index in [1.54, 1.807) is 42.5 Å². The fourth-order valence-corrected chi connectivity index (χ4v) is 5.87. The third-order valence-corrected chi connectivity index (χ3v) is 7.77. The van der Waals surface area contributed by atoms with Crippen LogP contribution in [-0.2, 0) is 12.4 Å². The van der Waals surface area contributed by atoms with Gasteiger partial charge in [0.05, 0.1) is 27.8 Å². The summed E-state index contributed by atoms with van der Waals surface area (Å²) >= 11 is 0. The molecule has 0 saturated heterocycles. The van der Waals surface area contributed by atoms with Crippen LogP contribution in [0.3, 0.4) is 0 Å². The van der Waals surface area contributed by atoms with E-state index in [-0.39, 0.29) is 22.3 Å². The van der Waals surface area contributed by atoms with Gasteiger partial charge in [0.15, 0.2) is 0 Å². The lowest BCUT2D eigenvalue weighted by atomic mass is 9.86. The Kier molecular flexibility index (Phi) is 8.08. The summed E-state index contributed by atoms with van der Waals surface area (Å²) in [4.78, 5) is 0. The van der Waals surface area contributed by atoms with E-state index < -0.39 is 96.4 Å². The molecule has 0 N–H and O–H groups in total. The number of allylic oxidation sites excluding steroid dienone is 8. The van der Waals surface area contributed by atoms with Crippen molar-refractivity contribution in [2.24, 2.45) is 0 Å². The Balaban J connectivity index is 1.96. The molecule has 0 atom stereocenters. The topological polar surface area (TPSA) is 167 Å². The predicted octanol–water partition coefficient (Wildman–Crippen LogP) is 8.37. The maximum absolute atomic E-state index is 14.8. The van der Waals surface area contributed by atoms with Crippen molar-refractivity contribution >= 4 is 33.4 Å². The van der Waals surface area contributed by atoms with Crippen LogP contribution in [0.2, 0.25) is 0 Å². The molecule has 0 unspecified atom stereocenters. The van der Waals surface area contributed by atoms with Crippen molar-refractivity contribution in [2.75, 3.05) is 0 Å². The van der Waals surface area contributed by atoms with Crippen LogP contribution in [-0.4, -0.2) is 0 Å². The molecule has 0 aliphatic heterocycles. The Hall–Kier alpha value is -7.51. The van der Waals surface area contributed by atoms with E-state index in [0.717, 1.165) is 18.2 Å². The van der Waals surface area contributed by atoms with Gasteiger partial charge in [-0.2, -0.15) is 63.2 Å². The van der Waals surface area contributed by atoms with E-state index in [9.17, 15) is 72.0 Å². The molecular formula is C35H7F8N7. The van der Waals surface area contributed by atoms with Gasteiger partial charge in [0.25, 0.3) is 0 Å². The molecule has 2 aliphatic carbocycles. The van der Waals surface area contributed by atoms with Crippen LogP contribution in [0.1, 0.15) is 50.1 Å². The lowest BCUT2D eigenvalue weighted by molar-refractivity contribution is -0.140. The Morgan fingerprint density at radius 2 is 0.940 bits per heavy atom. The number of hydrogen-bond donors (Lipinski definition) is 0. The van der Waals surface area contributed by atoms with Gasteiger partial charge in [0.1, 0.15) is 65.3 Å². The molecule has 0 heterocycles. The summed E-state index contributed by atoms with van der Waals surface area (Å²) in [6.07, 6.45) is -10.2. The Labute approximate surface area is 275 Å². The molecule has 0 spiro atoms. The van der Waals surface area contributed by atoms with Gasteiger partial charge < -0.3 is 0 Å². The molecule has 7 nitrogen and oxygen atoms in total. The number of benzene rings is 3. The molecule has 15 heteroatoms. The number of halogens is 8. The highest BCUT2D eigenvalue weighted by atomic mass is 19.4. The summed E-state index contributed by atoms with van der Waals surface area (Å²) in [6, 6.07) is 15.7. The second-order valence-electron chi connectivity index (χ2n) is 10.3. The molecular weight excluding hydrogens is 670 g/mol. The van der Waals surface area contributed by atoms with Gasteiger partial charge in [0, 0.05) is 39.0 Å². The minimum Gasteiger partial charge on any atom is -0.206 e. The standard InChI is InChI=1S/C35H7F8N7/c36-26-5-15(1-3-24(26)34(38,39)40)28-21(12-48)19-7-20-30(17(8-44)9-45)29(16-2-4-25(27(37)6-16)35(41,42)43)22(13-49)32(20)23(14-50)33(19)31(28)18(10-46)11-47/h1-7H. The second-order valence-corrected chi connectivity index (χ2v) is 10.3. The van der Waals surface area contributed by atoms with Crippen molar-refractivity contribution in [1.29, 1.82) is 36.8 Å². The van der Waals surface area contributed by atoms with Crippen molar-refractivity contribution in [2.45, 2.75) is 12.4 Å². The van der Waals surface area contributed by atoms with E-state index in [1.807, 2.05) is 0 Å². The largest absolute Gasteiger partial charge is 0.419 e. The van der Waals surface area contributed by atoms with Gasteiger partial charge in [-0.05, 0) is 47.0 Å². The fraction of sp³-hybridized carbons (Fsp3) is 0.0571. The van der Waals surface area contributed by atoms with E-state index >= 15 is 0 Å². The average molecular weight is 677 g/mol. The maximum Gasteiger partial charge on any atom is 0.419 e. The molecule has 5 rings (SSSR count). The van der Waals surface area contributed by atoms with E-state index in [0.29, 0.717) is 24.3 Å². The first kappa shape index (κ1) is 33.8.